The first-order valence-corrected chi connectivity index (χ1v) is 12.5. The number of rotatable bonds is 6. The first kappa shape index (κ1) is 23.7. The van der Waals surface area contributed by atoms with Crippen LogP contribution in [0, 0.1) is 36.0 Å². The van der Waals surface area contributed by atoms with Crippen LogP contribution in [0.25, 0.3) is 0 Å². The summed E-state index contributed by atoms with van der Waals surface area (Å²) in [4.78, 5) is 26.9. The van der Waals surface area contributed by atoms with Gasteiger partial charge in [-0.2, -0.15) is 5.26 Å². The number of hydrogen-bond acceptors (Lipinski definition) is 7. The Bertz CT molecular complexity index is 924. The lowest BCUT2D eigenvalue weighted by Gasteiger charge is -2.24. The second-order valence-corrected chi connectivity index (χ2v) is 11.0. The monoisotopic (exact) mass is 459 g/mol. The van der Waals surface area contributed by atoms with Gasteiger partial charge in [0, 0.05) is 4.90 Å². The molecule has 0 radical (unpaired) electrons. The van der Waals surface area contributed by atoms with Crippen LogP contribution in [0.1, 0.15) is 58.4 Å². The number of fused-ring (bicyclic) bond motifs is 1. The van der Waals surface area contributed by atoms with E-state index in [0.717, 1.165) is 47.5 Å². The lowest BCUT2D eigenvalue weighted by atomic mass is 9.83. The van der Waals surface area contributed by atoms with Gasteiger partial charge in [0.25, 0.3) is 0 Å². The maximum absolute atomic E-state index is 12.7. The Hall–Kier alpha value is -1.91. The standard InChI is InChI=1S/C24H29NO4S2/c1-14(2)11-12-28-23(27)18(13-25)24-30-20-16(4)7-10-19(21(20)31-24)29-22(26)17-8-5-15(3)6-9-17/h7,10,14-15,17H,5-6,8-9,11-12H2,1-4H3/b24-18+. The Morgan fingerprint density at radius 3 is 2.48 bits per heavy atom. The molecule has 0 bridgehead atoms. The molecule has 1 fully saturated rings. The smallest absolute Gasteiger partial charge is 0.350 e. The predicted molar refractivity (Wildman–Crippen MR) is 123 cm³/mol. The summed E-state index contributed by atoms with van der Waals surface area (Å²) in [6.07, 6.45) is 4.57. The van der Waals surface area contributed by atoms with Crippen LogP contribution < -0.4 is 4.74 Å². The minimum absolute atomic E-state index is 0.00732. The first-order chi connectivity index (χ1) is 14.8. The molecule has 2 aliphatic rings. The molecule has 1 aromatic rings. The van der Waals surface area contributed by atoms with Gasteiger partial charge in [-0.15, -0.1) is 0 Å². The van der Waals surface area contributed by atoms with E-state index in [4.69, 9.17) is 9.47 Å². The first-order valence-electron chi connectivity index (χ1n) is 10.8. The van der Waals surface area contributed by atoms with E-state index in [-0.39, 0.29) is 17.5 Å². The van der Waals surface area contributed by atoms with Crippen molar-refractivity contribution >= 4 is 35.5 Å². The van der Waals surface area contributed by atoms with Gasteiger partial charge in [0.05, 0.1) is 21.7 Å². The summed E-state index contributed by atoms with van der Waals surface area (Å²) in [7, 11) is 0. The van der Waals surface area contributed by atoms with Crippen molar-refractivity contribution in [2.75, 3.05) is 6.61 Å². The normalized spacial score (nSPS) is 21.9. The number of carbonyl (C=O) groups excluding carboxylic acids is 2. The Labute approximate surface area is 192 Å². The number of carbonyl (C=O) groups is 2. The van der Waals surface area contributed by atoms with Crippen LogP contribution in [-0.4, -0.2) is 18.5 Å². The van der Waals surface area contributed by atoms with Gasteiger partial charge < -0.3 is 9.47 Å². The van der Waals surface area contributed by atoms with Crippen LogP contribution in [0.4, 0.5) is 0 Å². The van der Waals surface area contributed by atoms with Gasteiger partial charge in [0.2, 0.25) is 0 Å². The zero-order valence-electron chi connectivity index (χ0n) is 18.5. The Morgan fingerprint density at radius 2 is 1.84 bits per heavy atom. The van der Waals surface area contributed by atoms with E-state index in [1.54, 1.807) is 6.07 Å². The van der Waals surface area contributed by atoms with Crippen LogP contribution in [0.5, 0.6) is 5.75 Å². The van der Waals surface area contributed by atoms with Gasteiger partial charge in [-0.05, 0) is 62.5 Å². The number of aryl methyl sites for hydroxylation is 1. The van der Waals surface area contributed by atoms with E-state index in [9.17, 15) is 14.9 Å². The van der Waals surface area contributed by atoms with E-state index in [2.05, 4.69) is 20.8 Å². The van der Waals surface area contributed by atoms with Gasteiger partial charge in [0.15, 0.2) is 5.57 Å². The molecule has 1 aromatic carbocycles. The van der Waals surface area contributed by atoms with Crippen molar-refractivity contribution < 1.29 is 19.1 Å². The average molecular weight is 460 g/mol. The molecule has 0 saturated heterocycles. The number of benzene rings is 1. The zero-order chi connectivity index (χ0) is 22.5. The maximum atomic E-state index is 12.7. The van der Waals surface area contributed by atoms with Crippen molar-refractivity contribution in [2.24, 2.45) is 17.8 Å². The highest BCUT2D eigenvalue weighted by Gasteiger charge is 2.32. The number of ether oxygens (including phenoxy) is 2. The fourth-order valence-electron chi connectivity index (χ4n) is 3.58. The van der Waals surface area contributed by atoms with Crippen molar-refractivity contribution in [3.63, 3.8) is 0 Å². The SMILES string of the molecule is Cc1ccc(OC(=O)C2CCC(C)CC2)c2c1S/C(=C(/C#N)C(=O)OCCC(C)C)S2. The van der Waals surface area contributed by atoms with E-state index in [0.29, 0.717) is 28.4 Å². The van der Waals surface area contributed by atoms with Crippen molar-refractivity contribution in [3.8, 4) is 11.8 Å². The number of nitriles is 1. The molecule has 7 heteroatoms. The summed E-state index contributed by atoms with van der Waals surface area (Å²) < 4.78 is 11.7. The number of esters is 2. The summed E-state index contributed by atoms with van der Waals surface area (Å²) in [5.41, 5.74) is 1.02. The second-order valence-electron chi connectivity index (χ2n) is 8.71. The Balaban J connectivity index is 1.77. The van der Waals surface area contributed by atoms with Crippen LogP contribution in [0.15, 0.2) is 31.7 Å². The number of hydrogen-bond donors (Lipinski definition) is 0. The molecule has 0 aromatic heterocycles. The molecule has 0 amide bonds. The van der Waals surface area contributed by atoms with Crippen LogP contribution in [0.2, 0.25) is 0 Å². The summed E-state index contributed by atoms with van der Waals surface area (Å²) in [5, 5.41) is 9.60. The van der Waals surface area contributed by atoms with E-state index >= 15 is 0 Å². The molecule has 3 rings (SSSR count). The van der Waals surface area contributed by atoms with Crippen molar-refractivity contribution in [2.45, 2.75) is 69.6 Å². The summed E-state index contributed by atoms with van der Waals surface area (Å²) in [5.74, 6) is 0.734. The molecule has 166 valence electrons. The van der Waals surface area contributed by atoms with E-state index < -0.39 is 5.97 Å². The molecule has 1 saturated carbocycles. The Kier molecular flexibility index (Phi) is 8.12. The third kappa shape index (κ3) is 5.87. The second kappa shape index (κ2) is 10.6. The lowest BCUT2D eigenvalue weighted by molar-refractivity contribution is -0.140. The predicted octanol–water partition coefficient (Wildman–Crippen LogP) is 6.25. The van der Waals surface area contributed by atoms with Crippen LogP contribution in [0.3, 0.4) is 0 Å². The molecular formula is C24H29NO4S2. The van der Waals surface area contributed by atoms with Crippen molar-refractivity contribution in [1.29, 1.82) is 5.26 Å². The summed E-state index contributed by atoms with van der Waals surface area (Å²) in [6.45, 7) is 8.58. The highest BCUT2D eigenvalue weighted by molar-refractivity contribution is 8.24. The Morgan fingerprint density at radius 1 is 1.16 bits per heavy atom. The highest BCUT2D eigenvalue weighted by atomic mass is 32.2. The number of nitrogens with zero attached hydrogens (tertiary/aromatic N) is 1. The van der Waals surface area contributed by atoms with E-state index in [1.807, 2.05) is 19.1 Å². The summed E-state index contributed by atoms with van der Waals surface area (Å²) in [6, 6.07) is 5.73. The molecule has 1 heterocycles. The molecule has 31 heavy (non-hydrogen) atoms. The van der Waals surface area contributed by atoms with Gasteiger partial charge in [-0.25, -0.2) is 4.79 Å². The van der Waals surface area contributed by atoms with Gasteiger partial charge >= 0.3 is 11.9 Å². The average Bonchev–Trinajstić information content (AvgIpc) is 3.17. The molecular weight excluding hydrogens is 430 g/mol. The van der Waals surface area contributed by atoms with Crippen molar-refractivity contribution in [1.82, 2.24) is 0 Å². The molecule has 0 N–H and O–H groups in total. The minimum atomic E-state index is -0.599. The molecule has 1 aliphatic heterocycles. The zero-order valence-corrected chi connectivity index (χ0v) is 20.2. The lowest BCUT2D eigenvalue weighted by Crippen LogP contribution is -2.25. The quantitative estimate of drug-likeness (QED) is 0.215. The fourth-order valence-corrected chi connectivity index (χ4v) is 6.21. The van der Waals surface area contributed by atoms with Gasteiger partial charge in [-0.1, -0.05) is 50.4 Å². The molecule has 0 atom stereocenters. The maximum Gasteiger partial charge on any atom is 0.350 e. The highest BCUT2D eigenvalue weighted by Crippen LogP contribution is 2.57. The van der Waals surface area contributed by atoms with E-state index in [1.165, 1.54) is 23.5 Å². The minimum Gasteiger partial charge on any atom is -0.462 e. The van der Waals surface area contributed by atoms with Gasteiger partial charge in [0.1, 0.15) is 11.8 Å². The largest absolute Gasteiger partial charge is 0.462 e. The van der Waals surface area contributed by atoms with Crippen LogP contribution >= 0.6 is 23.5 Å². The third-order valence-electron chi connectivity index (χ3n) is 5.67. The number of thioether (sulfide) groups is 2. The van der Waals surface area contributed by atoms with Gasteiger partial charge in [-0.3, -0.25) is 4.79 Å². The third-order valence-corrected chi connectivity index (χ3v) is 8.42. The molecule has 0 spiro atoms. The van der Waals surface area contributed by atoms with Crippen molar-refractivity contribution in [3.05, 3.63) is 27.5 Å². The molecule has 5 nitrogen and oxygen atoms in total. The molecule has 0 unspecified atom stereocenters. The van der Waals surface area contributed by atoms with Crippen LogP contribution in [-0.2, 0) is 14.3 Å². The molecule has 1 aliphatic carbocycles. The topological polar surface area (TPSA) is 76.4 Å². The fraction of sp³-hybridized carbons (Fsp3) is 0.542. The summed E-state index contributed by atoms with van der Waals surface area (Å²) >= 11 is 2.68.